The molecule has 0 atom stereocenters. The SMILES string of the molecule is CCn1cc(Nc2cc(-c3ccnc(-n4ncn5c6c(cc5c4=O)CC(C)(C)C6)c3CO)cn3ncnc23)nn1. The molecule has 7 rings (SSSR count). The summed E-state index contributed by atoms with van der Waals surface area (Å²) in [5.74, 6) is 0.835. The zero-order valence-electron chi connectivity index (χ0n) is 22.3. The predicted octanol–water partition coefficient (Wildman–Crippen LogP) is 2.56. The number of pyridine rings is 2. The maximum Gasteiger partial charge on any atom is 0.297 e. The fourth-order valence-corrected chi connectivity index (χ4v) is 5.62. The zero-order valence-corrected chi connectivity index (χ0v) is 22.3. The summed E-state index contributed by atoms with van der Waals surface area (Å²) >= 11 is 0. The van der Waals surface area contributed by atoms with Gasteiger partial charge >= 0.3 is 0 Å². The largest absolute Gasteiger partial charge is 0.392 e. The van der Waals surface area contributed by atoms with Crippen molar-refractivity contribution in [2.45, 2.75) is 46.8 Å². The van der Waals surface area contributed by atoms with Gasteiger partial charge in [0.05, 0.1) is 18.5 Å². The summed E-state index contributed by atoms with van der Waals surface area (Å²) in [6.07, 6.45) is 10.1. The van der Waals surface area contributed by atoms with E-state index in [0.29, 0.717) is 40.3 Å². The number of hydrogen-bond acceptors (Lipinski definition) is 9. The van der Waals surface area contributed by atoms with Crippen molar-refractivity contribution in [2.75, 3.05) is 5.32 Å². The van der Waals surface area contributed by atoms with Crippen LogP contribution in [0.1, 0.15) is 37.6 Å². The number of aromatic nitrogens is 10. The van der Waals surface area contributed by atoms with Crippen LogP contribution in [-0.2, 0) is 26.0 Å². The molecule has 0 unspecified atom stereocenters. The van der Waals surface area contributed by atoms with Crippen LogP contribution in [0.15, 0.2) is 54.2 Å². The standard InChI is InChI=1S/C27H27N11O2/c1-4-35-12-23(33-34-35)32-20-7-17(11-37-25(20)29-14-30-37)18-5-6-28-24(19(18)13-39)38-26(40)21-8-16-9-27(2,3)10-22(16)36(21)15-31-38/h5-8,11-12,14-15,32,39H,4,9-10,13H2,1-3H3. The van der Waals surface area contributed by atoms with Crippen molar-refractivity contribution < 1.29 is 5.11 Å². The number of nitrogens with zero attached hydrogens (tertiary/aromatic N) is 10. The molecule has 0 spiro atoms. The molecule has 13 nitrogen and oxygen atoms in total. The average Bonchev–Trinajstić information content (AvgIpc) is 3.72. The molecule has 0 aliphatic heterocycles. The Morgan fingerprint density at radius 1 is 1.12 bits per heavy atom. The third kappa shape index (κ3) is 3.77. The first kappa shape index (κ1) is 24.2. The number of rotatable bonds is 6. The normalized spacial score (nSPS) is 14.3. The van der Waals surface area contributed by atoms with E-state index in [1.165, 1.54) is 16.6 Å². The van der Waals surface area contributed by atoms with Crippen LogP contribution < -0.4 is 10.9 Å². The second kappa shape index (κ2) is 8.81. The minimum absolute atomic E-state index is 0.159. The Hall–Kier alpha value is -4.91. The van der Waals surface area contributed by atoms with E-state index in [1.54, 1.807) is 34.0 Å². The second-order valence-electron chi connectivity index (χ2n) is 10.8. The highest BCUT2D eigenvalue weighted by molar-refractivity contribution is 5.80. The summed E-state index contributed by atoms with van der Waals surface area (Å²) in [7, 11) is 0. The predicted molar refractivity (Wildman–Crippen MR) is 147 cm³/mol. The number of aliphatic hydroxyl groups excluding tert-OH is 1. The van der Waals surface area contributed by atoms with Crippen molar-refractivity contribution in [3.63, 3.8) is 0 Å². The second-order valence-corrected chi connectivity index (χ2v) is 10.8. The van der Waals surface area contributed by atoms with Crippen LogP contribution in [0.4, 0.5) is 11.5 Å². The summed E-state index contributed by atoms with van der Waals surface area (Å²) in [6, 6.07) is 5.64. The molecule has 6 aromatic rings. The van der Waals surface area contributed by atoms with E-state index >= 15 is 0 Å². The summed E-state index contributed by atoms with van der Waals surface area (Å²) in [5, 5.41) is 30.9. The van der Waals surface area contributed by atoms with Gasteiger partial charge in [-0.25, -0.2) is 14.5 Å². The van der Waals surface area contributed by atoms with E-state index in [0.717, 1.165) is 24.1 Å². The third-order valence-electron chi connectivity index (χ3n) is 7.44. The van der Waals surface area contributed by atoms with Gasteiger partial charge in [-0.1, -0.05) is 19.1 Å². The van der Waals surface area contributed by atoms with E-state index in [4.69, 9.17) is 0 Å². The smallest absolute Gasteiger partial charge is 0.297 e. The minimum Gasteiger partial charge on any atom is -0.392 e. The van der Waals surface area contributed by atoms with Crippen molar-refractivity contribution in [1.82, 2.24) is 48.8 Å². The van der Waals surface area contributed by atoms with Crippen LogP contribution in [0.5, 0.6) is 0 Å². The molecule has 0 saturated heterocycles. The highest BCUT2D eigenvalue weighted by Crippen LogP contribution is 2.37. The zero-order chi connectivity index (χ0) is 27.6. The van der Waals surface area contributed by atoms with E-state index in [-0.39, 0.29) is 23.4 Å². The molecule has 0 aromatic carbocycles. The van der Waals surface area contributed by atoms with Gasteiger partial charge in [-0.2, -0.15) is 14.9 Å². The molecule has 2 N–H and O–H groups in total. The van der Waals surface area contributed by atoms with Crippen LogP contribution in [0.3, 0.4) is 0 Å². The highest BCUT2D eigenvalue weighted by Gasteiger charge is 2.32. The summed E-state index contributed by atoms with van der Waals surface area (Å²) in [6.45, 7) is 6.77. The van der Waals surface area contributed by atoms with Gasteiger partial charge in [-0.15, -0.1) is 5.10 Å². The van der Waals surface area contributed by atoms with Crippen molar-refractivity contribution in [3.05, 3.63) is 76.6 Å². The van der Waals surface area contributed by atoms with Gasteiger partial charge in [-0.05, 0) is 54.5 Å². The lowest BCUT2D eigenvalue weighted by Gasteiger charge is -2.16. The van der Waals surface area contributed by atoms with Gasteiger partial charge in [-0.3, -0.25) is 13.9 Å². The number of aliphatic hydroxyl groups is 1. The summed E-state index contributed by atoms with van der Waals surface area (Å²) in [4.78, 5) is 22.5. The van der Waals surface area contributed by atoms with Crippen molar-refractivity contribution in [1.29, 1.82) is 0 Å². The quantitative estimate of drug-likeness (QED) is 0.327. The Morgan fingerprint density at radius 2 is 2.00 bits per heavy atom. The molecular weight excluding hydrogens is 510 g/mol. The minimum atomic E-state index is -0.355. The van der Waals surface area contributed by atoms with Gasteiger partial charge < -0.3 is 10.4 Å². The third-order valence-corrected chi connectivity index (χ3v) is 7.44. The fraction of sp³-hybridized carbons (Fsp3) is 0.296. The van der Waals surface area contributed by atoms with Crippen LogP contribution in [-0.4, -0.2) is 53.9 Å². The lowest BCUT2D eigenvalue weighted by molar-refractivity contribution is 0.281. The molecule has 6 aromatic heterocycles. The lowest BCUT2D eigenvalue weighted by atomic mass is 9.90. The molecule has 1 aliphatic carbocycles. The number of anilines is 2. The Labute approximate surface area is 227 Å². The van der Waals surface area contributed by atoms with Gasteiger partial charge in [0.15, 0.2) is 17.3 Å². The highest BCUT2D eigenvalue weighted by atomic mass is 16.3. The molecule has 0 fully saturated rings. The van der Waals surface area contributed by atoms with Crippen LogP contribution >= 0.6 is 0 Å². The molecule has 0 bridgehead atoms. The monoisotopic (exact) mass is 537 g/mol. The van der Waals surface area contributed by atoms with Crippen molar-refractivity contribution >= 4 is 22.7 Å². The van der Waals surface area contributed by atoms with Crippen molar-refractivity contribution in [3.8, 4) is 16.9 Å². The topological polar surface area (TPSA) is 145 Å². The van der Waals surface area contributed by atoms with Gasteiger partial charge in [0.2, 0.25) is 0 Å². The number of fused-ring (bicyclic) bond motifs is 4. The number of aryl methyl sites for hydroxylation is 1. The molecule has 1 aliphatic rings. The fourth-order valence-electron chi connectivity index (χ4n) is 5.62. The molecule has 13 heteroatoms. The maximum atomic E-state index is 13.6. The molecule has 0 saturated carbocycles. The van der Waals surface area contributed by atoms with E-state index < -0.39 is 0 Å². The van der Waals surface area contributed by atoms with E-state index in [2.05, 4.69) is 49.6 Å². The first-order valence-corrected chi connectivity index (χ1v) is 13.1. The molecule has 6 heterocycles. The first-order chi connectivity index (χ1) is 19.3. The Morgan fingerprint density at radius 3 is 2.80 bits per heavy atom. The van der Waals surface area contributed by atoms with E-state index in [9.17, 15) is 9.90 Å². The van der Waals surface area contributed by atoms with E-state index in [1.807, 2.05) is 29.7 Å². The molecule has 202 valence electrons. The van der Waals surface area contributed by atoms with Crippen LogP contribution in [0.25, 0.3) is 28.1 Å². The first-order valence-electron chi connectivity index (χ1n) is 13.1. The number of nitrogens with one attached hydrogen (secondary N) is 1. The Kier molecular flexibility index (Phi) is 5.32. The van der Waals surface area contributed by atoms with Crippen LogP contribution in [0, 0.1) is 5.41 Å². The van der Waals surface area contributed by atoms with Gasteiger partial charge in [0.25, 0.3) is 5.56 Å². The number of hydrogen-bond donors (Lipinski definition) is 2. The molecule has 40 heavy (non-hydrogen) atoms. The van der Waals surface area contributed by atoms with Crippen molar-refractivity contribution in [2.24, 2.45) is 5.41 Å². The van der Waals surface area contributed by atoms with Gasteiger partial charge in [0, 0.05) is 35.8 Å². The average molecular weight is 538 g/mol. The lowest BCUT2D eigenvalue weighted by Crippen LogP contribution is -2.25. The van der Waals surface area contributed by atoms with Gasteiger partial charge in [0.1, 0.15) is 18.2 Å². The summed E-state index contributed by atoms with van der Waals surface area (Å²) in [5.41, 5.74) is 5.84. The Balaban J connectivity index is 1.35. The molecular formula is C27H27N11O2. The molecule has 0 amide bonds. The van der Waals surface area contributed by atoms with Crippen LogP contribution in [0.2, 0.25) is 0 Å². The Bertz CT molecular complexity index is 1980. The molecule has 0 radical (unpaired) electrons. The maximum absolute atomic E-state index is 13.6. The summed E-state index contributed by atoms with van der Waals surface area (Å²) < 4.78 is 6.51.